The van der Waals surface area contributed by atoms with Crippen molar-refractivity contribution in [2.45, 2.75) is 27.2 Å². The smallest absolute Gasteiger partial charge is 0.395 e. The van der Waals surface area contributed by atoms with Crippen molar-refractivity contribution in [3.63, 3.8) is 0 Å². The highest BCUT2D eigenvalue weighted by Gasteiger charge is 2.33. The lowest BCUT2D eigenvalue weighted by atomic mass is 9.92. The van der Waals surface area contributed by atoms with Gasteiger partial charge in [0.05, 0.1) is 6.61 Å². The molecule has 0 saturated carbocycles. The van der Waals surface area contributed by atoms with Gasteiger partial charge in [0.1, 0.15) is 11.5 Å². The predicted molar refractivity (Wildman–Crippen MR) is 91.8 cm³/mol. The molecule has 0 aliphatic heterocycles. The summed E-state index contributed by atoms with van der Waals surface area (Å²) in [6.45, 7) is 6.43. The molecule has 0 N–H and O–H groups in total. The Morgan fingerprint density at radius 2 is 1.30 bits per heavy atom. The van der Waals surface area contributed by atoms with E-state index in [1.807, 2.05) is 26.0 Å². The molecule has 5 heteroatoms. The second kappa shape index (κ2) is 7.67. The van der Waals surface area contributed by atoms with Gasteiger partial charge < -0.3 is 9.05 Å². The van der Waals surface area contributed by atoms with Crippen molar-refractivity contribution in [2.75, 3.05) is 6.61 Å². The highest BCUT2D eigenvalue weighted by atomic mass is 31.2. The van der Waals surface area contributed by atoms with E-state index in [9.17, 15) is 4.57 Å². The Labute approximate surface area is 138 Å². The molecule has 2 aromatic rings. The fraction of sp³-hybridized carbons (Fsp3) is 0.333. The molecule has 0 aliphatic carbocycles. The topological polar surface area (TPSA) is 44.8 Å². The van der Waals surface area contributed by atoms with Crippen LogP contribution in [0.2, 0.25) is 0 Å². The van der Waals surface area contributed by atoms with Gasteiger partial charge in [-0.2, -0.15) is 0 Å². The Hall–Kier alpha value is -1.77. The standard InChI is InChI=1S/C18H23O4P/c1-4-18(2,3)15-20-23(19,21-16-11-7-5-8-12-16)22-17-13-9-6-10-14-17/h5-14H,4,15H2,1-3H3. The molecule has 0 atom stereocenters. The van der Waals surface area contributed by atoms with E-state index in [0.29, 0.717) is 11.5 Å². The maximum Gasteiger partial charge on any atom is 0.587 e. The van der Waals surface area contributed by atoms with Crippen LogP contribution >= 0.6 is 7.82 Å². The zero-order valence-corrected chi connectivity index (χ0v) is 14.7. The Balaban J connectivity index is 2.17. The van der Waals surface area contributed by atoms with Crippen LogP contribution < -0.4 is 9.05 Å². The minimum Gasteiger partial charge on any atom is -0.395 e. The van der Waals surface area contributed by atoms with Gasteiger partial charge in [0, 0.05) is 0 Å². The van der Waals surface area contributed by atoms with Gasteiger partial charge in [-0.15, -0.1) is 0 Å². The zero-order chi connectivity index (χ0) is 16.8. The zero-order valence-electron chi connectivity index (χ0n) is 13.8. The molecule has 2 aromatic carbocycles. The molecule has 124 valence electrons. The van der Waals surface area contributed by atoms with Crippen molar-refractivity contribution in [3.05, 3.63) is 60.7 Å². The summed E-state index contributed by atoms with van der Waals surface area (Å²) >= 11 is 0. The van der Waals surface area contributed by atoms with E-state index >= 15 is 0 Å². The summed E-state index contributed by atoms with van der Waals surface area (Å²) in [5.74, 6) is 0.891. The number of rotatable bonds is 8. The third-order valence-electron chi connectivity index (χ3n) is 3.49. The molecule has 0 radical (unpaired) electrons. The molecular weight excluding hydrogens is 311 g/mol. The molecule has 0 fully saturated rings. The van der Waals surface area contributed by atoms with Crippen LogP contribution in [0, 0.1) is 5.41 Å². The maximum atomic E-state index is 13.0. The Kier molecular flexibility index (Phi) is 5.86. The van der Waals surface area contributed by atoms with Crippen LogP contribution in [0.15, 0.2) is 60.7 Å². The molecular formula is C18H23O4P. The molecule has 23 heavy (non-hydrogen) atoms. The molecule has 0 unspecified atom stereocenters. The van der Waals surface area contributed by atoms with Gasteiger partial charge in [-0.05, 0) is 36.1 Å². The van der Waals surface area contributed by atoms with Crippen molar-refractivity contribution in [1.82, 2.24) is 0 Å². The van der Waals surface area contributed by atoms with E-state index in [2.05, 4.69) is 6.92 Å². The van der Waals surface area contributed by atoms with Gasteiger partial charge in [-0.1, -0.05) is 57.2 Å². The van der Waals surface area contributed by atoms with E-state index in [-0.39, 0.29) is 12.0 Å². The van der Waals surface area contributed by atoms with Crippen LogP contribution in [0.3, 0.4) is 0 Å². The number of phosphoric ester groups is 1. The minimum atomic E-state index is -3.77. The summed E-state index contributed by atoms with van der Waals surface area (Å²) in [6, 6.07) is 17.8. The fourth-order valence-electron chi connectivity index (χ4n) is 1.65. The third-order valence-corrected chi connectivity index (χ3v) is 4.81. The van der Waals surface area contributed by atoms with E-state index in [0.717, 1.165) is 6.42 Å². The first-order chi connectivity index (χ1) is 10.9. The van der Waals surface area contributed by atoms with Crippen molar-refractivity contribution in [3.8, 4) is 11.5 Å². The highest BCUT2D eigenvalue weighted by molar-refractivity contribution is 7.49. The van der Waals surface area contributed by atoms with Gasteiger partial charge in [-0.3, -0.25) is 4.52 Å². The van der Waals surface area contributed by atoms with Crippen LogP contribution in [0.5, 0.6) is 11.5 Å². The average molecular weight is 334 g/mol. The SMILES string of the molecule is CCC(C)(C)COP(=O)(Oc1ccccc1)Oc1ccccc1. The first-order valence-electron chi connectivity index (χ1n) is 7.66. The van der Waals surface area contributed by atoms with Crippen LogP contribution in [0.1, 0.15) is 27.2 Å². The van der Waals surface area contributed by atoms with Crippen LogP contribution in [-0.2, 0) is 9.09 Å². The lowest BCUT2D eigenvalue weighted by Gasteiger charge is -2.25. The largest absolute Gasteiger partial charge is 0.587 e. The van der Waals surface area contributed by atoms with Crippen molar-refractivity contribution in [1.29, 1.82) is 0 Å². The molecule has 0 amide bonds. The quantitative estimate of drug-likeness (QED) is 0.580. The van der Waals surface area contributed by atoms with Crippen molar-refractivity contribution < 1.29 is 18.1 Å². The summed E-state index contributed by atoms with van der Waals surface area (Å²) < 4.78 is 29.8. The minimum absolute atomic E-state index is 0.115. The maximum absolute atomic E-state index is 13.0. The third kappa shape index (κ3) is 5.74. The summed E-state index contributed by atoms with van der Waals surface area (Å²) in [7, 11) is -3.77. The van der Waals surface area contributed by atoms with Crippen LogP contribution in [0.25, 0.3) is 0 Å². The number of hydrogen-bond acceptors (Lipinski definition) is 4. The molecule has 0 spiro atoms. The first kappa shape index (κ1) is 17.6. The van der Waals surface area contributed by atoms with Gasteiger partial charge in [0.15, 0.2) is 0 Å². The van der Waals surface area contributed by atoms with Gasteiger partial charge in [-0.25, -0.2) is 4.57 Å². The summed E-state index contributed by atoms with van der Waals surface area (Å²) in [5, 5.41) is 0. The van der Waals surface area contributed by atoms with E-state index in [1.165, 1.54) is 0 Å². The number of para-hydroxylation sites is 2. The molecule has 0 aromatic heterocycles. The monoisotopic (exact) mass is 334 g/mol. The van der Waals surface area contributed by atoms with Gasteiger partial charge in [0.2, 0.25) is 0 Å². The lowest BCUT2D eigenvalue weighted by molar-refractivity contribution is 0.133. The predicted octanol–water partition coefficient (Wildman–Crippen LogP) is 5.71. The average Bonchev–Trinajstić information content (AvgIpc) is 2.55. The van der Waals surface area contributed by atoms with Crippen molar-refractivity contribution in [2.24, 2.45) is 5.41 Å². The molecule has 2 rings (SSSR count). The normalized spacial score (nSPS) is 12.0. The second-order valence-electron chi connectivity index (χ2n) is 6.05. The van der Waals surface area contributed by atoms with Crippen molar-refractivity contribution >= 4 is 7.82 Å². The lowest BCUT2D eigenvalue weighted by Crippen LogP contribution is -2.19. The molecule has 4 nitrogen and oxygen atoms in total. The van der Waals surface area contributed by atoms with Gasteiger partial charge in [0.25, 0.3) is 0 Å². The van der Waals surface area contributed by atoms with E-state index in [1.54, 1.807) is 48.5 Å². The Morgan fingerprint density at radius 3 is 1.70 bits per heavy atom. The number of hydrogen-bond donors (Lipinski definition) is 0. The highest BCUT2D eigenvalue weighted by Crippen LogP contribution is 2.50. The molecule has 0 heterocycles. The Bertz CT molecular complexity index is 595. The molecule has 0 bridgehead atoms. The van der Waals surface area contributed by atoms with Crippen LogP contribution in [0.4, 0.5) is 0 Å². The number of benzene rings is 2. The summed E-state index contributed by atoms with van der Waals surface area (Å²) in [6.07, 6.45) is 0.893. The summed E-state index contributed by atoms with van der Waals surface area (Å²) in [5.41, 5.74) is -0.115. The van der Waals surface area contributed by atoms with Gasteiger partial charge >= 0.3 is 7.82 Å². The molecule has 0 aliphatic rings. The first-order valence-corrected chi connectivity index (χ1v) is 9.12. The Morgan fingerprint density at radius 1 is 0.870 bits per heavy atom. The number of phosphoric acid groups is 1. The van der Waals surface area contributed by atoms with E-state index < -0.39 is 7.82 Å². The fourth-order valence-corrected chi connectivity index (χ4v) is 3.06. The second-order valence-corrected chi connectivity index (χ2v) is 7.56. The van der Waals surface area contributed by atoms with E-state index in [4.69, 9.17) is 13.6 Å². The van der Waals surface area contributed by atoms with Crippen LogP contribution in [-0.4, -0.2) is 6.61 Å². The summed E-state index contributed by atoms with van der Waals surface area (Å²) in [4.78, 5) is 0. The molecule has 0 saturated heterocycles.